The van der Waals surface area contributed by atoms with Crippen molar-refractivity contribution in [2.75, 3.05) is 7.11 Å². The molecule has 0 aliphatic rings. The highest BCUT2D eigenvalue weighted by atomic mass is 16.5. The summed E-state index contributed by atoms with van der Waals surface area (Å²) < 4.78 is 5.03. The smallest absolute Gasteiger partial charge is 0.305 e. The third-order valence-corrected chi connectivity index (χ3v) is 1.96. The number of aliphatic carboxylic acids is 1. The van der Waals surface area contributed by atoms with Gasteiger partial charge in [-0.25, -0.2) is 0 Å². The third-order valence-electron chi connectivity index (χ3n) is 1.96. The van der Waals surface area contributed by atoms with Crippen molar-refractivity contribution in [2.45, 2.75) is 32.8 Å². The average molecular weight is 160 g/mol. The van der Waals surface area contributed by atoms with Gasteiger partial charge in [0.25, 0.3) is 0 Å². The molecule has 0 bridgehead atoms. The molecule has 0 rings (SSSR count). The highest BCUT2D eigenvalue weighted by Crippen LogP contribution is 2.13. The van der Waals surface area contributed by atoms with Crippen LogP contribution in [0.1, 0.15) is 26.7 Å². The van der Waals surface area contributed by atoms with Crippen LogP contribution >= 0.6 is 0 Å². The lowest BCUT2D eigenvalue weighted by Crippen LogP contribution is -2.23. The Morgan fingerprint density at radius 2 is 2.18 bits per heavy atom. The van der Waals surface area contributed by atoms with Gasteiger partial charge in [0.1, 0.15) is 0 Å². The van der Waals surface area contributed by atoms with Crippen molar-refractivity contribution < 1.29 is 14.6 Å². The molecule has 0 radical (unpaired) electrons. The lowest BCUT2D eigenvalue weighted by molar-refractivity contribution is -0.140. The minimum absolute atomic E-state index is 0.103. The molecular weight excluding hydrogens is 144 g/mol. The molecule has 0 aromatic carbocycles. The van der Waals surface area contributed by atoms with Crippen molar-refractivity contribution in [3.63, 3.8) is 0 Å². The second-order valence-corrected chi connectivity index (χ2v) is 2.76. The predicted molar refractivity (Wildman–Crippen MR) is 42.5 cm³/mol. The summed E-state index contributed by atoms with van der Waals surface area (Å²) in [7, 11) is 1.56. The first-order valence-electron chi connectivity index (χ1n) is 3.86. The van der Waals surface area contributed by atoms with E-state index in [-0.39, 0.29) is 12.5 Å². The van der Waals surface area contributed by atoms with E-state index in [1.54, 1.807) is 7.11 Å². The van der Waals surface area contributed by atoms with Gasteiger partial charge in [0.2, 0.25) is 0 Å². The van der Waals surface area contributed by atoms with E-state index in [4.69, 9.17) is 9.84 Å². The van der Waals surface area contributed by atoms with Gasteiger partial charge in [-0.3, -0.25) is 4.79 Å². The topological polar surface area (TPSA) is 46.5 Å². The van der Waals surface area contributed by atoms with Gasteiger partial charge in [0.15, 0.2) is 0 Å². The molecule has 1 N–H and O–H groups in total. The lowest BCUT2D eigenvalue weighted by Gasteiger charge is -2.18. The van der Waals surface area contributed by atoms with E-state index in [9.17, 15) is 4.79 Å². The fraction of sp³-hybridized carbons (Fsp3) is 0.875. The quantitative estimate of drug-likeness (QED) is 0.663. The second-order valence-electron chi connectivity index (χ2n) is 2.76. The Labute approximate surface area is 67.4 Å². The van der Waals surface area contributed by atoms with Crippen LogP contribution < -0.4 is 0 Å². The average Bonchev–Trinajstić information content (AvgIpc) is 1.98. The molecule has 0 spiro atoms. The third kappa shape index (κ3) is 3.98. The van der Waals surface area contributed by atoms with Crippen molar-refractivity contribution in [3.05, 3.63) is 0 Å². The van der Waals surface area contributed by atoms with Crippen LogP contribution in [0, 0.1) is 5.92 Å². The molecule has 0 heterocycles. The summed E-state index contributed by atoms with van der Waals surface area (Å²) in [5.41, 5.74) is 0. The van der Waals surface area contributed by atoms with Gasteiger partial charge < -0.3 is 9.84 Å². The summed E-state index contributed by atoms with van der Waals surface area (Å²) in [4.78, 5) is 10.3. The number of rotatable bonds is 5. The van der Waals surface area contributed by atoms with Gasteiger partial charge in [-0.05, 0) is 5.92 Å². The molecule has 2 atom stereocenters. The van der Waals surface area contributed by atoms with Gasteiger partial charge in [-0.15, -0.1) is 0 Å². The van der Waals surface area contributed by atoms with Crippen molar-refractivity contribution in [1.29, 1.82) is 0 Å². The summed E-state index contributed by atoms with van der Waals surface area (Å²) in [5, 5.41) is 8.48. The maximum Gasteiger partial charge on any atom is 0.305 e. The molecule has 11 heavy (non-hydrogen) atoms. The summed E-state index contributed by atoms with van der Waals surface area (Å²) in [5.74, 6) is -0.478. The minimum Gasteiger partial charge on any atom is -0.481 e. The molecule has 3 nitrogen and oxygen atoms in total. The Hall–Kier alpha value is -0.570. The van der Waals surface area contributed by atoms with Crippen LogP contribution in [0.4, 0.5) is 0 Å². The first-order valence-corrected chi connectivity index (χ1v) is 3.86. The number of hydrogen-bond donors (Lipinski definition) is 1. The molecule has 66 valence electrons. The zero-order valence-corrected chi connectivity index (χ0v) is 7.33. The Morgan fingerprint density at radius 1 is 1.64 bits per heavy atom. The monoisotopic (exact) mass is 160 g/mol. The normalized spacial score (nSPS) is 15.9. The maximum absolute atomic E-state index is 10.3. The molecule has 0 saturated carbocycles. The minimum atomic E-state index is -0.794. The van der Waals surface area contributed by atoms with Crippen LogP contribution in [0.15, 0.2) is 0 Å². The first kappa shape index (κ1) is 10.4. The van der Waals surface area contributed by atoms with Crippen LogP contribution in [0.2, 0.25) is 0 Å². The molecule has 0 aromatic rings. The van der Waals surface area contributed by atoms with E-state index < -0.39 is 5.97 Å². The van der Waals surface area contributed by atoms with Crippen molar-refractivity contribution in [3.8, 4) is 0 Å². The molecule has 0 amide bonds. The van der Waals surface area contributed by atoms with Gasteiger partial charge in [0.05, 0.1) is 12.5 Å². The summed E-state index contributed by atoms with van der Waals surface area (Å²) in [6.07, 6.45) is 0.912. The number of carboxylic acids is 1. The first-order chi connectivity index (χ1) is 5.11. The fourth-order valence-corrected chi connectivity index (χ4v) is 0.952. The number of hydrogen-bond acceptors (Lipinski definition) is 2. The SMILES string of the molecule is CCC(C)C(CC(=O)O)OC. The number of carbonyl (C=O) groups is 1. The van der Waals surface area contributed by atoms with E-state index in [0.717, 1.165) is 6.42 Å². The number of methoxy groups -OCH3 is 1. The molecule has 0 aliphatic carbocycles. The molecular formula is C8H16O3. The van der Waals surface area contributed by atoms with Crippen molar-refractivity contribution in [1.82, 2.24) is 0 Å². The van der Waals surface area contributed by atoms with Crippen LogP contribution in [0.3, 0.4) is 0 Å². The number of ether oxygens (including phenoxy) is 1. The Bertz CT molecular complexity index is 123. The predicted octanol–water partition coefficient (Wildman–Crippen LogP) is 1.52. The highest BCUT2D eigenvalue weighted by Gasteiger charge is 2.17. The molecule has 2 unspecified atom stereocenters. The van der Waals surface area contributed by atoms with Crippen LogP contribution in [0.5, 0.6) is 0 Å². The largest absolute Gasteiger partial charge is 0.481 e. The van der Waals surface area contributed by atoms with Crippen LogP contribution in [0.25, 0.3) is 0 Å². The van der Waals surface area contributed by atoms with E-state index in [0.29, 0.717) is 5.92 Å². The van der Waals surface area contributed by atoms with Crippen molar-refractivity contribution in [2.24, 2.45) is 5.92 Å². The molecule has 0 aliphatic heterocycles. The Kier molecular flexibility index (Phi) is 4.86. The molecule has 3 heteroatoms. The Balaban J connectivity index is 3.84. The van der Waals surface area contributed by atoms with Crippen LogP contribution in [-0.2, 0) is 9.53 Å². The Morgan fingerprint density at radius 3 is 2.45 bits per heavy atom. The second kappa shape index (κ2) is 5.13. The fourth-order valence-electron chi connectivity index (χ4n) is 0.952. The zero-order valence-electron chi connectivity index (χ0n) is 7.33. The lowest BCUT2D eigenvalue weighted by atomic mass is 9.99. The molecule has 0 aromatic heterocycles. The van der Waals surface area contributed by atoms with E-state index in [1.165, 1.54) is 0 Å². The maximum atomic E-state index is 10.3. The summed E-state index contributed by atoms with van der Waals surface area (Å²) in [6, 6.07) is 0. The van der Waals surface area contributed by atoms with Gasteiger partial charge in [-0.1, -0.05) is 20.3 Å². The number of carboxylic acid groups (broad SMARTS) is 1. The van der Waals surface area contributed by atoms with Crippen LogP contribution in [-0.4, -0.2) is 24.3 Å². The standard InChI is InChI=1S/C8H16O3/c1-4-6(2)7(11-3)5-8(9)10/h6-7H,4-5H2,1-3H3,(H,9,10). The van der Waals surface area contributed by atoms with Gasteiger partial charge in [-0.2, -0.15) is 0 Å². The zero-order chi connectivity index (χ0) is 8.85. The summed E-state index contributed by atoms with van der Waals surface area (Å²) in [6.45, 7) is 4.02. The highest BCUT2D eigenvalue weighted by molar-refractivity contribution is 5.67. The van der Waals surface area contributed by atoms with Gasteiger partial charge >= 0.3 is 5.97 Å². The molecule has 0 saturated heterocycles. The summed E-state index contributed by atoms with van der Waals surface area (Å²) >= 11 is 0. The molecule has 0 fully saturated rings. The van der Waals surface area contributed by atoms with Crippen molar-refractivity contribution >= 4 is 5.97 Å². The van der Waals surface area contributed by atoms with Gasteiger partial charge in [0, 0.05) is 7.11 Å². The van der Waals surface area contributed by atoms with E-state index in [2.05, 4.69) is 0 Å². The van der Waals surface area contributed by atoms with E-state index >= 15 is 0 Å². The van der Waals surface area contributed by atoms with E-state index in [1.807, 2.05) is 13.8 Å².